The van der Waals surface area contributed by atoms with Crippen LogP contribution in [-0.4, -0.2) is 20.2 Å². The first kappa shape index (κ1) is 11.3. The lowest BCUT2D eigenvalue weighted by Gasteiger charge is -2.08. The van der Waals surface area contributed by atoms with Crippen molar-refractivity contribution in [1.29, 1.82) is 0 Å². The molecule has 0 unspecified atom stereocenters. The molecule has 17 heavy (non-hydrogen) atoms. The number of aromatic amines is 1. The molecule has 90 valence electrons. The van der Waals surface area contributed by atoms with Crippen LogP contribution in [0.25, 0.3) is 5.69 Å². The monoisotopic (exact) mass is 248 g/mol. The molecule has 0 fully saturated rings. The number of benzene rings is 1. The molecule has 2 rings (SSSR count). The van der Waals surface area contributed by atoms with E-state index in [0.717, 1.165) is 6.07 Å². The normalized spacial score (nSPS) is 11.8. The van der Waals surface area contributed by atoms with Crippen LogP contribution in [0.1, 0.15) is 5.56 Å². The molecule has 0 bridgehead atoms. The molecule has 1 heterocycles. The van der Waals surface area contributed by atoms with E-state index < -0.39 is 23.2 Å². The molecular formula is C8H4F4N4O. The minimum Gasteiger partial charge on any atom is -0.244 e. The topological polar surface area (TPSA) is 63.6 Å². The zero-order chi connectivity index (χ0) is 12.6. The molecule has 0 radical (unpaired) electrons. The first-order valence-electron chi connectivity index (χ1n) is 4.27. The Balaban J connectivity index is 2.52. The molecule has 0 atom stereocenters. The average Bonchev–Trinajstić information content (AvgIpc) is 2.62. The molecule has 1 aromatic heterocycles. The first-order chi connectivity index (χ1) is 7.89. The quantitative estimate of drug-likeness (QED) is 0.769. The smallest absolute Gasteiger partial charge is 0.244 e. The number of halogens is 4. The number of hydrogen-bond acceptors (Lipinski definition) is 3. The molecule has 1 aromatic carbocycles. The summed E-state index contributed by atoms with van der Waals surface area (Å²) in [5, 5.41) is 8.33. The summed E-state index contributed by atoms with van der Waals surface area (Å²) in [7, 11) is 0. The maximum Gasteiger partial charge on any atom is 0.419 e. The summed E-state index contributed by atoms with van der Waals surface area (Å²) >= 11 is 0. The van der Waals surface area contributed by atoms with E-state index in [2.05, 4.69) is 10.4 Å². The highest BCUT2D eigenvalue weighted by molar-refractivity contribution is 5.35. The number of nitrogens with one attached hydrogen (secondary N) is 1. The van der Waals surface area contributed by atoms with E-state index in [-0.39, 0.29) is 5.69 Å². The predicted molar refractivity (Wildman–Crippen MR) is 46.9 cm³/mol. The Kier molecular flexibility index (Phi) is 2.45. The van der Waals surface area contributed by atoms with E-state index in [9.17, 15) is 22.4 Å². The van der Waals surface area contributed by atoms with Gasteiger partial charge in [-0.25, -0.2) is 14.3 Å². The lowest BCUT2D eigenvalue weighted by molar-refractivity contribution is -0.139. The maximum absolute atomic E-state index is 13.2. The van der Waals surface area contributed by atoms with E-state index >= 15 is 0 Å². The van der Waals surface area contributed by atoms with Gasteiger partial charge in [-0.05, 0) is 22.6 Å². The third kappa shape index (κ3) is 2.03. The van der Waals surface area contributed by atoms with E-state index in [1.54, 1.807) is 0 Å². The van der Waals surface area contributed by atoms with Crippen molar-refractivity contribution >= 4 is 0 Å². The molecule has 0 saturated carbocycles. The Morgan fingerprint density at radius 1 is 1.29 bits per heavy atom. The summed E-state index contributed by atoms with van der Waals surface area (Å²) in [4.78, 5) is 11.1. The molecule has 0 amide bonds. The van der Waals surface area contributed by atoms with Crippen LogP contribution in [0.15, 0.2) is 23.0 Å². The van der Waals surface area contributed by atoms with Gasteiger partial charge < -0.3 is 0 Å². The second-order valence-electron chi connectivity index (χ2n) is 3.08. The molecule has 0 aliphatic heterocycles. The molecule has 0 aliphatic carbocycles. The average molecular weight is 248 g/mol. The van der Waals surface area contributed by atoms with Crippen LogP contribution in [0.3, 0.4) is 0 Å². The molecule has 2 aromatic rings. The number of tetrazole rings is 1. The Labute approximate surface area is 90.7 Å². The van der Waals surface area contributed by atoms with Gasteiger partial charge in [0.2, 0.25) is 0 Å². The summed E-state index contributed by atoms with van der Waals surface area (Å²) < 4.78 is 50.6. The van der Waals surface area contributed by atoms with Crippen LogP contribution >= 0.6 is 0 Å². The summed E-state index contributed by atoms with van der Waals surface area (Å²) in [5.74, 6) is -1.48. The van der Waals surface area contributed by atoms with Gasteiger partial charge in [-0.15, -0.1) is 0 Å². The van der Waals surface area contributed by atoms with Gasteiger partial charge in [0, 0.05) is 6.07 Å². The number of H-pyrrole nitrogens is 1. The highest BCUT2D eigenvalue weighted by Crippen LogP contribution is 2.31. The molecule has 0 aliphatic rings. The minimum absolute atomic E-state index is 0.144. The van der Waals surface area contributed by atoms with Crippen LogP contribution in [-0.2, 0) is 6.18 Å². The van der Waals surface area contributed by atoms with E-state index in [0.29, 0.717) is 16.8 Å². The van der Waals surface area contributed by atoms with Crippen molar-refractivity contribution in [1.82, 2.24) is 20.2 Å². The number of nitrogens with zero attached hydrogens (tertiary/aromatic N) is 3. The maximum atomic E-state index is 13.2. The standard InChI is InChI=1S/C8H4F4N4O/c9-6-3-4(16-7(17)13-14-15-16)1-2-5(6)8(10,11)12/h1-3H,(H,13,15,17). The molecule has 9 heteroatoms. The largest absolute Gasteiger partial charge is 0.419 e. The highest BCUT2D eigenvalue weighted by Gasteiger charge is 2.34. The summed E-state index contributed by atoms with van der Waals surface area (Å²) in [6.45, 7) is 0. The van der Waals surface area contributed by atoms with Gasteiger partial charge >= 0.3 is 11.9 Å². The molecule has 1 N–H and O–H groups in total. The van der Waals surface area contributed by atoms with Gasteiger partial charge in [0.25, 0.3) is 0 Å². The van der Waals surface area contributed by atoms with Gasteiger partial charge in [-0.3, -0.25) is 0 Å². The van der Waals surface area contributed by atoms with Gasteiger partial charge in [0.05, 0.1) is 11.3 Å². The van der Waals surface area contributed by atoms with E-state index in [4.69, 9.17) is 0 Å². The first-order valence-corrected chi connectivity index (χ1v) is 4.27. The lowest BCUT2D eigenvalue weighted by Crippen LogP contribution is -2.17. The number of aromatic nitrogens is 4. The summed E-state index contributed by atoms with van der Waals surface area (Å²) in [6, 6.07) is 2.02. The van der Waals surface area contributed by atoms with E-state index in [1.165, 1.54) is 0 Å². The molecule has 0 saturated heterocycles. The fourth-order valence-electron chi connectivity index (χ4n) is 1.23. The third-order valence-corrected chi connectivity index (χ3v) is 1.97. The second kappa shape index (κ2) is 3.68. The molecule has 5 nitrogen and oxygen atoms in total. The predicted octanol–water partition coefficient (Wildman–Crippen LogP) is 1.11. The highest BCUT2D eigenvalue weighted by atomic mass is 19.4. The zero-order valence-electron chi connectivity index (χ0n) is 7.99. The van der Waals surface area contributed by atoms with Crippen molar-refractivity contribution < 1.29 is 17.6 Å². The Morgan fingerprint density at radius 3 is 2.47 bits per heavy atom. The third-order valence-electron chi connectivity index (χ3n) is 1.97. The van der Waals surface area contributed by atoms with Crippen molar-refractivity contribution in [2.75, 3.05) is 0 Å². The van der Waals surface area contributed by atoms with Crippen molar-refractivity contribution in [3.63, 3.8) is 0 Å². The molecule has 0 spiro atoms. The van der Waals surface area contributed by atoms with Crippen molar-refractivity contribution in [3.8, 4) is 5.69 Å². The van der Waals surface area contributed by atoms with Crippen molar-refractivity contribution in [2.45, 2.75) is 6.18 Å². The number of alkyl halides is 3. The fourth-order valence-corrected chi connectivity index (χ4v) is 1.23. The van der Waals surface area contributed by atoms with Gasteiger partial charge in [0.1, 0.15) is 5.82 Å². The Hall–Kier alpha value is -2.19. The summed E-state index contributed by atoms with van der Waals surface area (Å²) in [5.41, 5.74) is -2.32. The number of rotatable bonds is 1. The minimum atomic E-state index is -4.78. The van der Waals surface area contributed by atoms with Gasteiger partial charge in [-0.2, -0.15) is 17.9 Å². The van der Waals surface area contributed by atoms with Crippen LogP contribution in [0, 0.1) is 5.82 Å². The lowest BCUT2D eigenvalue weighted by atomic mass is 10.2. The second-order valence-corrected chi connectivity index (χ2v) is 3.08. The van der Waals surface area contributed by atoms with Gasteiger partial charge in [0.15, 0.2) is 0 Å². The van der Waals surface area contributed by atoms with Crippen LogP contribution < -0.4 is 5.69 Å². The zero-order valence-corrected chi connectivity index (χ0v) is 7.99. The van der Waals surface area contributed by atoms with Crippen LogP contribution in [0.2, 0.25) is 0 Å². The number of hydrogen-bond donors (Lipinski definition) is 1. The van der Waals surface area contributed by atoms with Crippen LogP contribution in [0.4, 0.5) is 17.6 Å². The Morgan fingerprint density at radius 2 is 2.00 bits per heavy atom. The van der Waals surface area contributed by atoms with Gasteiger partial charge in [-0.1, -0.05) is 0 Å². The molecular weight excluding hydrogens is 244 g/mol. The fraction of sp³-hybridized carbons (Fsp3) is 0.125. The van der Waals surface area contributed by atoms with Crippen molar-refractivity contribution in [2.24, 2.45) is 0 Å². The van der Waals surface area contributed by atoms with Crippen molar-refractivity contribution in [3.05, 3.63) is 40.1 Å². The SMILES string of the molecule is O=c1[nH]nnn1-c1ccc(C(F)(F)F)c(F)c1. The Bertz CT molecular complexity index is 600. The summed E-state index contributed by atoms with van der Waals surface area (Å²) in [6.07, 6.45) is -4.78. The van der Waals surface area contributed by atoms with Crippen LogP contribution in [0.5, 0.6) is 0 Å². The van der Waals surface area contributed by atoms with E-state index in [1.807, 2.05) is 5.10 Å².